The minimum atomic E-state index is -0.00393. The molecule has 0 spiro atoms. The number of aryl methyl sites for hydroxylation is 4. The predicted octanol–water partition coefficient (Wildman–Crippen LogP) is 5.23. The first-order valence-corrected chi connectivity index (χ1v) is 8.99. The van der Waals surface area contributed by atoms with Crippen LogP contribution in [0.25, 0.3) is 22.1 Å². The van der Waals surface area contributed by atoms with E-state index in [-0.39, 0.29) is 29.8 Å². The number of hydrogen-bond donors (Lipinski definition) is 1. The van der Waals surface area contributed by atoms with E-state index in [9.17, 15) is 4.79 Å². The molecule has 0 fully saturated rings. The van der Waals surface area contributed by atoms with Gasteiger partial charge in [0.15, 0.2) is 0 Å². The number of carbonyl (C=O) groups excluding carboxylic acids is 2. The van der Waals surface area contributed by atoms with Gasteiger partial charge in [-0.3, -0.25) is 9.36 Å². The molecule has 8 heteroatoms. The number of carbonyl (C=O) groups is 1. The van der Waals surface area contributed by atoms with Crippen LogP contribution in [-0.4, -0.2) is 31.2 Å². The van der Waals surface area contributed by atoms with Gasteiger partial charge in [0.25, 0.3) is 0 Å². The van der Waals surface area contributed by atoms with Crippen LogP contribution < -0.4 is 0 Å². The summed E-state index contributed by atoms with van der Waals surface area (Å²) < 4.78 is 1.57. The SMILES string of the molecule is CC(=O)n1cnc2cc(C)c(C)cc21.Cc1cc2nc[nH]c2cc1C.O=[C-]Cl.[CH3-].[Ni+2]. The number of rotatable bonds is 0. The summed E-state index contributed by atoms with van der Waals surface area (Å²) in [5.74, 6) is 0.968. The van der Waals surface area contributed by atoms with Gasteiger partial charge in [-0.05, 0) is 74.2 Å². The normalized spacial score (nSPS) is 9.40. The number of halogens is 1. The molecule has 4 rings (SSSR count). The van der Waals surface area contributed by atoms with Gasteiger partial charge in [-0.1, -0.05) is 0 Å². The van der Waals surface area contributed by atoms with Crippen molar-refractivity contribution >= 4 is 45.3 Å². The molecule has 0 unspecified atom stereocenters. The Hall–Kier alpha value is -2.50. The summed E-state index contributed by atoms with van der Waals surface area (Å²) in [5.41, 5.74) is 8.92. The Kier molecular flexibility index (Phi) is 11.2. The van der Waals surface area contributed by atoms with Crippen molar-refractivity contribution in [1.82, 2.24) is 19.5 Å². The first-order chi connectivity index (χ1) is 13.3. The number of nitrogens with zero attached hydrogens (tertiary/aromatic N) is 3. The molecule has 0 atom stereocenters. The minimum Gasteiger partial charge on any atom is -0.525 e. The van der Waals surface area contributed by atoms with Gasteiger partial charge in [0.1, 0.15) is 6.33 Å². The van der Waals surface area contributed by atoms with Crippen molar-refractivity contribution in [1.29, 1.82) is 0 Å². The quantitative estimate of drug-likeness (QED) is 0.216. The van der Waals surface area contributed by atoms with Crippen LogP contribution in [0.5, 0.6) is 0 Å². The number of fused-ring (bicyclic) bond motifs is 2. The zero-order chi connectivity index (χ0) is 20.8. The standard InChI is InChI=1S/C11H12N2O.C9H10N2.CClO.CH3.Ni/c1-7-4-10-11(5-8(7)2)13(6-12-10)9(3)14;1-6-3-8-9(4-7(6)2)11-5-10-8;2-1-3;;/h4-6H,1-3H3;3-5H,1-2H3,(H,10,11);;1H3;/q;;2*-1;+2. The van der Waals surface area contributed by atoms with E-state index in [4.69, 9.17) is 4.79 Å². The van der Waals surface area contributed by atoms with Crippen LogP contribution in [0.2, 0.25) is 0 Å². The van der Waals surface area contributed by atoms with Crippen molar-refractivity contribution in [3.8, 4) is 0 Å². The van der Waals surface area contributed by atoms with Gasteiger partial charge in [0.05, 0.1) is 28.4 Å². The van der Waals surface area contributed by atoms with Crippen LogP contribution in [0, 0.1) is 35.1 Å². The third-order valence-electron chi connectivity index (χ3n) is 4.54. The first kappa shape index (κ1) is 27.5. The van der Waals surface area contributed by atoms with Gasteiger partial charge in [-0.25, -0.2) is 9.97 Å². The number of aromatic amines is 1. The molecule has 4 aromatic rings. The molecule has 2 aromatic heterocycles. The van der Waals surface area contributed by atoms with Gasteiger partial charge in [0.2, 0.25) is 5.91 Å². The average Bonchev–Trinajstić information content (AvgIpc) is 3.23. The van der Waals surface area contributed by atoms with Crippen molar-refractivity contribution in [2.75, 3.05) is 0 Å². The third-order valence-corrected chi connectivity index (χ3v) is 4.54. The number of aromatic nitrogens is 4. The number of nitrogens with one attached hydrogen (secondary N) is 1. The van der Waals surface area contributed by atoms with Crippen LogP contribution >= 0.6 is 11.6 Å². The molecule has 6 nitrogen and oxygen atoms in total. The van der Waals surface area contributed by atoms with Crippen molar-refractivity contribution in [3.63, 3.8) is 0 Å². The Labute approximate surface area is 192 Å². The molecular formula is C22H25ClN4NiO2. The average molecular weight is 472 g/mol. The topological polar surface area (TPSA) is 80.6 Å². The maximum absolute atomic E-state index is 11.2. The molecule has 0 bridgehead atoms. The van der Waals surface area contributed by atoms with Crippen molar-refractivity contribution in [2.45, 2.75) is 34.6 Å². The minimum absolute atomic E-state index is 0. The van der Waals surface area contributed by atoms with Gasteiger partial charge >= 0.3 is 16.5 Å². The summed E-state index contributed by atoms with van der Waals surface area (Å²) in [4.78, 5) is 31.1. The summed E-state index contributed by atoms with van der Waals surface area (Å²) in [6.07, 6.45) is 3.30. The van der Waals surface area contributed by atoms with Crippen LogP contribution in [0.1, 0.15) is 34.0 Å². The third kappa shape index (κ3) is 6.51. The van der Waals surface area contributed by atoms with Crippen LogP contribution in [0.3, 0.4) is 0 Å². The summed E-state index contributed by atoms with van der Waals surface area (Å²) in [6, 6.07) is 8.22. The van der Waals surface area contributed by atoms with E-state index >= 15 is 0 Å². The van der Waals surface area contributed by atoms with Crippen molar-refractivity contribution in [3.05, 3.63) is 66.6 Å². The largest absolute Gasteiger partial charge is 2.00 e. The molecule has 162 valence electrons. The van der Waals surface area contributed by atoms with E-state index < -0.39 is 0 Å². The maximum atomic E-state index is 11.2. The zero-order valence-corrected chi connectivity index (χ0v) is 19.6. The fourth-order valence-electron chi connectivity index (χ4n) is 2.71. The molecule has 0 saturated heterocycles. The van der Waals surface area contributed by atoms with E-state index in [0.29, 0.717) is 0 Å². The molecule has 30 heavy (non-hydrogen) atoms. The Morgan fingerprint density at radius 1 is 0.967 bits per heavy atom. The van der Waals surface area contributed by atoms with Crippen LogP contribution in [-0.2, 0) is 21.3 Å². The number of imidazole rings is 2. The summed E-state index contributed by atoms with van der Waals surface area (Å²) in [6.45, 7) is 9.82. The Morgan fingerprint density at radius 2 is 1.47 bits per heavy atom. The molecule has 0 aliphatic carbocycles. The van der Waals surface area contributed by atoms with Crippen molar-refractivity contribution in [2.24, 2.45) is 0 Å². The molecule has 0 saturated carbocycles. The summed E-state index contributed by atoms with van der Waals surface area (Å²) in [7, 11) is 0. The van der Waals surface area contributed by atoms with E-state index in [2.05, 4.69) is 52.5 Å². The molecular weight excluding hydrogens is 446 g/mol. The van der Waals surface area contributed by atoms with E-state index in [1.165, 1.54) is 29.2 Å². The molecule has 0 aliphatic rings. The fourth-order valence-corrected chi connectivity index (χ4v) is 2.71. The van der Waals surface area contributed by atoms with Crippen molar-refractivity contribution < 1.29 is 26.1 Å². The fraction of sp³-hybridized carbons (Fsp3) is 0.227. The van der Waals surface area contributed by atoms with E-state index in [1.54, 1.807) is 17.2 Å². The Balaban J connectivity index is 0.000000477. The van der Waals surface area contributed by atoms with Crippen LogP contribution in [0.4, 0.5) is 0 Å². The molecule has 0 amide bonds. The van der Waals surface area contributed by atoms with Crippen LogP contribution in [0.15, 0.2) is 36.9 Å². The second-order valence-electron chi connectivity index (χ2n) is 6.49. The van der Waals surface area contributed by atoms with E-state index in [1.807, 2.05) is 26.0 Å². The number of benzene rings is 2. The second kappa shape index (κ2) is 12.3. The van der Waals surface area contributed by atoms with Gasteiger partial charge in [-0.2, -0.15) is 5.75 Å². The monoisotopic (exact) mass is 470 g/mol. The van der Waals surface area contributed by atoms with Gasteiger partial charge < -0.3 is 28.8 Å². The summed E-state index contributed by atoms with van der Waals surface area (Å²) in [5, 5.41) is 0. The molecule has 2 aromatic carbocycles. The summed E-state index contributed by atoms with van der Waals surface area (Å²) >= 11 is 4.19. The maximum Gasteiger partial charge on any atom is 2.00 e. The van der Waals surface area contributed by atoms with E-state index in [0.717, 1.165) is 27.8 Å². The number of hydrogen-bond acceptors (Lipinski definition) is 4. The molecule has 2 heterocycles. The predicted molar refractivity (Wildman–Crippen MR) is 119 cm³/mol. The van der Waals surface area contributed by atoms with Gasteiger partial charge in [-0.15, -0.1) is 0 Å². The Bertz CT molecular complexity index is 1100. The van der Waals surface area contributed by atoms with Gasteiger partial charge in [0, 0.05) is 6.92 Å². The number of H-pyrrole nitrogens is 1. The smallest absolute Gasteiger partial charge is 0.525 e. The first-order valence-electron chi connectivity index (χ1n) is 8.61. The molecule has 0 aliphatic heterocycles. The molecule has 0 radical (unpaired) electrons. The zero-order valence-electron chi connectivity index (χ0n) is 17.8. The second-order valence-corrected chi connectivity index (χ2v) is 6.65. The Morgan fingerprint density at radius 3 is 2.03 bits per heavy atom. The molecule has 1 N–H and O–H groups in total.